The van der Waals surface area contributed by atoms with Crippen LogP contribution in [0.4, 0.5) is 0 Å². The van der Waals surface area contributed by atoms with Crippen LogP contribution in [0.1, 0.15) is 32.6 Å². The molecule has 0 unspecified atom stereocenters. The van der Waals surface area contributed by atoms with Crippen molar-refractivity contribution in [2.24, 2.45) is 5.41 Å². The number of rotatable bonds is 3. The van der Waals surface area contributed by atoms with E-state index in [1.165, 1.54) is 6.92 Å². The Balaban J connectivity index is 1.75. The van der Waals surface area contributed by atoms with Crippen molar-refractivity contribution in [2.75, 3.05) is 26.2 Å². The van der Waals surface area contributed by atoms with Crippen LogP contribution in [0, 0.1) is 5.41 Å². The molecule has 0 aromatic rings. The largest absolute Gasteiger partial charge is 0.356 e. The average Bonchev–Trinajstić information content (AvgIpc) is 2.71. The first-order valence-electron chi connectivity index (χ1n) is 6.80. The van der Waals surface area contributed by atoms with Crippen molar-refractivity contribution >= 4 is 17.7 Å². The topological polar surface area (TPSA) is 78.5 Å². The van der Waals surface area contributed by atoms with E-state index in [1.54, 1.807) is 0 Å². The summed E-state index contributed by atoms with van der Waals surface area (Å²) in [5.41, 5.74) is 0.0749. The fourth-order valence-corrected chi connectivity index (χ4v) is 2.84. The van der Waals surface area contributed by atoms with Crippen LogP contribution in [0.2, 0.25) is 0 Å². The van der Waals surface area contributed by atoms with Crippen LogP contribution in [0.3, 0.4) is 0 Å². The Kier molecular flexibility index (Phi) is 4.07. The Morgan fingerprint density at radius 2 is 2.05 bits per heavy atom. The van der Waals surface area contributed by atoms with E-state index in [9.17, 15) is 14.4 Å². The second kappa shape index (κ2) is 5.59. The molecular weight excluding hydrogens is 246 g/mol. The van der Waals surface area contributed by atoms with E-state index in [0.29, 0.717) is 32.5 Å². The zero-order valence-electron chi connectivity index (χ0n) is 11.3. The fraction of sp³-hybridized carbons (Fsp3) is 0.769. The second-order valence-electron chi connectivity index (χ2n) is 5.57. The Bertz CT molecular complexity index is 387. The average molecular weight is 267 g/mol. The van der Waals surface area contributed by atoms with Gasteiger partial charge in [-0.05, 0) is 18.3 Å². The molecule has 3 amide bonds. The molecule has 2 saturated heterocycles. The lowest BCUT2D eigenvalue weighted by Gasteiger charge is -2.38. The number of nitrogens with zero attached hydrogens (tertiary/aromatic N) is 1. The SMILES string of the molecule is CC(=O)NCCC(=O)N1CCC2(CC1)CNC(=O)C2. The molecule has 0 atom stereocenters. The van der Waals surface area contributed by atoms with Gasteiger partial charge in [0.05, 0.1) is 0 Å². The standard InChI is InChI=1S/C13H21N3O3/c1-10(17)14-5-2-12(19)16-6-3-13(4-7-16)8-11(18)15-9-13/h2-9H2,1H3,(H,14,17)(H,15,18). The fourth-order valence-electron chi connectivity index (χ4n) is 2.84. The number of likely N-dealkylation sites (tertiary alicyclic amines) is 1. The van der Waals surface area contributed by atoms with Gasteiger partial charge >= 0.3 is 0 Å². The third-order valence-corrected chi connectivity index (χ3v) is 4.09. The van der Waals surface area contributed by atoms with Gasteiger partial charge in [0.25, 0.3) is 0 Å². The zero-order chi connectivity index (χ0) is 13.9. The number of hydrogen-bond donors (Lipinski definition) is 2. The summed E-state index contributed by atoms with van der Waals surface area (Å²) < 4.78 is 0. The Morgan fingerprint density at radius 3 is 2.58 bits per heavy atom. The van der Waals surface area contributed by atoms with Crippen molar-refractivity contribution in [3.63, 3.8) is 0 Å². The van der Waals surface area contributed by atoms with Gasteiger partial charge in [0.2, 0.25) is 17.7 Å². The summed E-state index contributed by atoms with van der Waals surface area (Å²) in [6, 6.07) is 0. The molecular formula is C13H21N3O3. The van der Waals surface area contributed by atoms with Gasteiger partial charge in [-0.15, -0.1) is 0 Å². The van der Waals surface area contributed by atoms with E-state index in [-0.39, 0.29) is 23.1 Å². The van der Waals surface area contributed by atoms with Crippen molar-refractivity contribution in [3.05, 3.63) is 0 Å². The molecule has 0 radical (unpaired) electrons. The van der Waals surface area contributed by atoms with E-state index in [1.807, 2.05) is 4.90 Å². The van der Waals surface area contributed by atoms with Crippen LogP contribution in [0.15, 0.2) is 0 Å². The van der Waals surface area contributed by atoms with Crippen molar-refractivity contribution in [1.29, 1.82) is 0 Å². The molecule has 106 valence electrons. The lowest BCUT2D eigenvalue weighted by atomic mass is 9.77. The number of amides is 3. The number of carbonyl (C=O) groups is 3. The second-order valence-corrected chi connectivity index (χ2v) is 5.57. The molecule has 2 fully saturated rings. The Hall–Kier alpha value is -1.59. The molecule has 2 rings (SSSR count). The number of hydrogen-bond acceptors (Lipinski definition) is 3. The summed E-state index contributed by atoms with van der Waals surface area (Å²) in [5.74, 6) is 0.104. The Morgan fingerprint density at radius 1 is 1.37 bits per heavy atom. The molecule has 6 heteroatoms. The molecule has 2 aliphatic rings. The molecule has 19 heavy (non-hydrogen) atoms. The monoisotopic (exact) mass is 267 g/mol. The van der Waals surface area contributed by atoms with Gasteiger partial charge in [-0.3, -0.25) is 14.4 Å². The molecule has 0 aromatic carbocycles. The van der Waals surface area contributed by atoms with E-state index in [0.717, 1.165) is 19.4 Å². The minimum absolute atomic E-state index is 0.0749. The van der Waals surface area contributed by atoms with Gasteiger partial charge in [-0.25, -0.2) is 0 Å². The molecule has 2 N–H and O–H groups in total. The summed E-state index contributed by atoms with van der Waals surface area (Å²) in [4.78, 5) is 35.8. The van der Waals surface area contributed by atoms with Crippen molar-refractivity contribution in [1.82, 2.24) is 15.5 Å². The molecule has 0 saturated carbocycles. The first kappa shape index (κ1) is 13.8. The van der Waals surface area contributed by atoms with Crippen LogP contribution >= 0.6 is 0 Å². The predicted octanol–water partition coefficient (Wildman–Crippen LogP) is -0.359. The highest BCUT2D eigenvalue weighted by molar-refractivity contribution is 5.80. The first-order chi connectivity index (χ1) is 9.01. The van der Waals surface area contributed by atoms with Crippen LogP contribution in [-0.2, 0) is 14.4 Å². The third-order valence-electron chi connectivity index (χ3n) is 4.09. The van der Waals surface area contributed by atoms with Gasteiger partial charge in [-0.2, -0.15) is 0 Å². The van der Waals surface area contributed by atoms with Crippen molar-refractivity contribution in [3.8, 4) is 0 Å². The van der Waals surface area contributed by atoms with E-state index in [2.05, 4.69) is 10.6 Å². The van der Waals surface area contributed by atoms with Crippen molar-refractivity contribution < 1.29 is 14.4 Å². The van der Waals surface area contributed by atoms with Gasteiger partial charge in [0.1, 0.15) is 0 Å². The van der Waals surface area contributed by atoms with E-state index >= 15 is 0 Å². The minimum atomic E-state index is -0.110. The van der Waals surface area contributed by atoms with Gasteiger partial charge in [0.15, 0.2) is 0 Å². The lowest BCUT2D eigenvalue weighted by Crippen LogP contribution is -2.44. The maximum Gasteiger partial charge on any atom is 0.224 e. The van der Waals surface area contributed by atoms with E-state index in [4.69, 9.17) is 0 Å². The third kappa shape index (κ3) is 3.45. The summed E-state index contributed by atoms with van der Waals surface area (Å²) in [6.45, 7) is 4.02. The minimum Gasteiger partial charge on any atom is -0.356 e. The van der Waals surface area contributed by atoms with Crippen LogP contribution in [0.5, 0.6) is 0 Å². The van der Waals surface area contributed by atoms with Crippen molar-refractivity contribution in [2.45, 2.75) is 32.6 Å². The molecule has 1 spiro atoms. The summed E-state index contributed by atoms with van der Waals surface area (Å²) >= 11 is 0. The number of piperidine rings is 1. The number of carbonyl (C=O) groups excluding carboxylic acids is 3. The molecule has 2 aliphatic heterocycles. The van der Waals surface area contributed by atoms with Gasteiger partial charge < -0.3 is 15.5 Å². The highest BCUT2D eigenvalue weighted by Gasteiger charge is 2.41. The molecule has 2 heterocycles. The highest BCUT2D eigenvalue weighted by atomic mass is 16.2. The highest BCUT2D eigenvalue weighted by Crippen LogP contribution is 2.37. The summed E-state index contributed by atoms with van der Waals surface area (Å²) in [6.07, 6.45) is 2.72. The Labute approximate surface area is 112 Å². The summed E-state index contributed by atoms with van der Waals surface area (Å²) in [7, 11) is 0. The maximum absolute atomic E-state index is 11.9. The first-order valence-corrected chi connectivity index (χ1v) is 6.80. The van der Waals surface area contributed by atoms with Crippen LogP contribution < -0.4 is 10.6 Å². The maximum atomic E-state index is 11.9. The normalized spacial score (nSPS) is 21.3. The molecule has 6 nitrogen and oxygen atoms in total. The van der Waals surface area contributed by atoms with E-state index < -0.39 is 0 Å². The lowest BCUT2D eigenvalue weighted by molar-refractivity contribution is -0.133. The summed E-state index contributed by atoms with van der Waals surface area (Å²) in [5, 5.41) is 5.51. The van der Waals surface area contributed by atoms with Crippen LogP contribution in [-0.4, -0.2) is 48.8 Å². The molecule has 0 aromatic heterocycles. The van der Waals surface area contributed by atoms with Gasteiger partial charge in [-0.1, -0.05) is 0 Å². The molecule has 0 aliphatic carbocycles. The van der Waals surface area contributed by atoms with Crippen LogP contribution in [0.25, 0.3) is 0 Å². The predicted molar refractivity (Wildman–Crippen MR) is 69.2 cm³/mol. The quantitative estimate of drug-likeness (QED) is 0.733. The zero-order valence-corrected chi connectivity index (χ0v) is 11.3. The smallest absolute Gasteiger partial charge is 0.224 e. The van der Waals surface area contributed by atoms with Gasteiger partial charge in [0, 0.05) is 45.9 Å². The number of nitrogens with one attached hydrogen (secondary N) is 2. The molecule has 0 bridgehead atoms.